The Kier molecular flexibility index (Phi) is 4.94. The van der Waals surface area contributed by atoms with E-state index in [-0.39, 0.29) is 12.1 Å². The maximum Gasteiger partial charge on any atom is 0.415 e. The predicted octanol–water partition coefficient (Wildman–Crippen LogP) is 1.97. The molecule has 1 aromatic rings. The van der Waals surface area contributed by atoms with Gasteiger partial charge in [0.25, 0.3) is 5.91 Å². The Balaban J connectivity index is 1.17. The molecule has 3 aliphatic heterocycles. The van der Waals surface area contributed by atoms with Crippen LogP contribution in [0.4, 0.5) is 10.6 Å². The largest absolute Gasteiger partial charge is 0.447 e. The van der Waals surface area contributed by atoms with Crippen LogP contribution >= 0.6 is 0 Å². The highest BCUT2D eigenvalue weighted by molar-refractivity contribution is 5.95. The molecular weight excluding hydrogens is 382 g/mol. The standard InChI is InChI=1S/C22H27N5O3/c1-15-12-18(16-2-3-16)14-24-20(15)25-6-8-26(9-7-25)21(28)17-4-5-19(23-13-17)27-10-11-30-22(27)29/h4-5,12-14,16,20,24H,2-3,6-11H2,1H3. The minimum absolute atomic E-state index is 0.0162. The maximum atomic E-state index is 12.9. The zero-order valence-corrected chi connectivity index (χ0v) is 17.2. The summed E-state index contributed by atoms with van der Waals surface area (Å²) in [7, 11) is 0. The van der Waals surface area contributed by atoms with E-state index in [1.54, 1.807) is 18.3 Å². The summed E-state index contributed by atoms with van der Waals surface area (Å²) in [6, 6.07) is 3.45. The Labute approximate surface area is 176 Å². The molecule has 0 bridgehead atoms. The van der Waals surface area contributed by atoms with Crippen LogP contribution in [0.15, 0.2) is 41.8 Å². The van der Waals surface area contributed by atoms with Gasteiger partial charge in [0.15, 0.2) is 0 Å². The summed E-state index contributed by atoms with van der Waals surface area (Å²) >= 11 is 0. The Hall–Kier alpha value is -2.87. The fraction of sp³-hybridized carbons (Fsp3) is 0.500. The van der Waals surface area contributed by atoms with E-state index in [2.05, 4.69) is 34.4 Å². The fourth-order valence-electron chi connectivity index (χ4n) is 4.38. The normalized spacial score (nSPS) is 24.8. The molecule has 3 fully saturated rings. The van der Waals surface area contributed by atoms with Crippen molar-refractivity contribution in [1.82, 2.24) is 20.1 Å². The van der Waals surface area contributed by atoms with Crippen molar-refractivity contribution in [1.29, 1.82) is 0 Å². The number of carbonyl (C=O) groups is 2. The number of cyclic esters (lactones) is 1. The first-order valence-electron chi connectivity index (χ1n) is 10.7. The molecule has 1 aliphatic carbocycles. The van der Waals surface area contributed by atoms with Crippen molar-refractivity contribution >= 4 is 17.8 Å². The summed E-state index contributed by atoms with van der Waals surface area (Å²) < 4.78 is 4.94. The van der Waals surface area contributed by atoms with Crippen LogP contribution in [0.5, 0.6) is 0 Å². The molecule has 4 aliphatic rings. The van der Waals surface area contributed by atoms with Gasteiger partial charge in [0.2, 0.25) is 0 Å². The third kappa shape index (κ3) is 3.67. The molecule has 0 spiro atoms. The molecule has 1 atom stereocenters. The minimum atomic E-state index is -0.391. The highest BCUT2D eigenvalue weighted by Crippen LogP contribution is 2.38. The van der Waals surface area contributed by atoms with Gasteiger partial charge in [-0.2, -0.15) is 0 Å². The van der Waals surface area contributed by atoms with E-state index in [1.165, 1.54) is 28.9 Å². The van der Waals surface area contributed by atoms with Crippen molar-refractivity contribution in [3.63, 3.8) is 0 Å². The lowest BCUT2D eigenvalue weighted by molar-refractivity contribution is 0.0578. The summed E-state index contributed by atoms with van der Waals surface area (Å²) in [6.07, 6.45) is 8.50. The molecule has 1 N–H and O–H groups in total. The number of allylic oxidation sites excluding steroid dienone is 2. The first kappa shape index (κ1) is 19.1. The van der Waals surface area contributed by atoms with Crippen LogP contribution in [0, 0.1) is 5.92 Å². The fourth-order valence-corrected chi connectivity index (χ4v) is 4.38. The number of nitrogens with one attached hydrogen (secondary N) is 1. The van der Waals surface area contributed by atoms with Gasteiger partial charge >= 0.3 is 6.09 Å². The monoisotopic (exact) mass is 409 g/mol. The Morgan fingerprint density at radius 2 is 1.97 bits per heavy atom. The van der Waals surface area contributed by atoms with Gasteiger partial charge in [-0.05, 0) is 49.0 Å². The number of pyridine rings is 1. The smallest absolute Gasteiger partial charge is 0.415 e. The second-order valence-electron chi connectivity index (χ2n) is 8.38. The number of rotatable bonds is 4. The van der Waals surface area contributed by atoms with E-state index < -0.39 is 6.09 Å². The van der Waals surface area contributed by atoms with Crippen LogP contribution < -0.4 is 10.2 Å². The van der Waals surface area contributed by atoms with E-state index in [1.807, 2.05) is 4.90 Å². The van der Waals surface area contributed by atoms with E-state index in [0.29, 0.717) is 37.6 Å². The highest BCUT2D eigenvalue weighted by atomic mass is 16.6. The average Bonchev–Trinajstić information content (AvgIpc) is 3.54. The second-order valence-corrected chi connectivity index (χ2v) is 8.38. The molecule has 4 heterocycles. The van der Waals surface area contributed by atoms with Crippen molar-refractivity contribution < 1.29 is 14.3 Å². The Bertz CT molecular complexity index is 898. The van der Waals surface area contributed by atoms with Crippen molar-refractivity contribution in [2.24, 2.45) is 5.92 Å². The summed E-state index contributed by atoms with van der Waals surface area (Å²) in [5.74, 6) is 1.25. The molecule has 0 radical (unpaired) electrons. The van der Waals surface area contributed by atoms with Crippen molar-refractivity contribution in [2.75, 3.05) is 44.2 Å². The number of dihydropyridines is 1. The SMILES string of the molecule is CC1=CC(C2CC2)=CNC1N1CCN(C(=O)c2ccc(N3CCOC3=O)nc2)CC1. The molecule has 2 saturated heterocycles. The number of nitrogens with zero attached hydrogens (tertiary/aromatic N) is 4. The van der Waals surface area contributed by atoms with Crippen LogP contribution in [0.25, 0.3) is 0 Å². The number of piperazine rings is 1. The maximum absolute atomic E-state index is 12.9. The third-order valence-electron chi connectivity index (χ3n) is 6.28. The van der Waals surface area contributed by atoms with Crippen LogP contribution in [0.3, 0.4) is 0 Å². The van der Waals surface area contributed by atoms with Gasteiger partial charge in [-0.15, -0.1) is 0 Å². The zero-order chi connectivity index (χ0) is 20.7. The lowest BCUT2D eigenvalue weighted by atomic mass is 10.0. The van der Waals surface area contributed by atoms with Crippen molar-refractivity contribution in [3.8, 4) is 0 Å². The number of hydrogen-bond donors (Lipinski definition) is 1. The number of hydrogen-bond acceptors (Lipinski definition) is 6. The molecule has 8 heteroatoms. The molecule has 5 rings (SSSR count). The average molecular weight is 409 g/mol. The minimum Gasteiger partial charge on any atom is -0.447 e. The van der Waals surface area contributed by atoms with Gasteiger partial charge in [-0.1, -0.05) is 6.08 Å². The summed E-state index contributed by atoms with van der Waals surface area (Å²) in [5.41, 5.74) is 3.32. The van der Waals surface area contributed by atoms with Gasteiger partial charge in [-0.3, -0.25) is 14.6 Å². The Morgan fingerprint density at radius 1 is 1.17 bits per heavy atom. The molecule has 2 amide bonds. The quantitative estimate of drug-likeness (QED) is 0.819. The topological polar surface area (TPSA) is 78.0 Å². The highest BCUT2D eigenvalue weighted by Gasteiger charge is 2.31. The number of aromatic nitrogens is 1. The molecule has 30 heavy (non-hydrogen) atoms. The molecule has 1 unspecified atom stereocenters. The molecule has 158 valence electrons. The number of carbonyl (C=O) groups excluding carboxylic acids is 2. The number of amides is 2. The van der Waals surface area contributed by atoms with Gasteiger partial charge < -0.3 is 15.0 Å². The van der Waals surface area contributed by atoms with Crippen LogP contribution in [-0.2, 0) is 4.74 Å². The molecule has 1 aromatic heterocycles. The zero-order valence-electron chi connectivity index (χ0n) is 17.2. The predicted molar refractivity (Wildman–Crippen MR) is 112 cm³/mol. The second kappa shape index (κ2) is 7.75. The molecule has 0 aromatic carbocycles. The van der Waals surface area contributed by atoms with Crippen molar-refractivity contribution in [3.05, 3.63) is 47.3 Å². The first-order valence-corrected chi connectivity index (χ1v) is 10.7. The van der Waals surface area contributed by atoms with Crippen LogP contribution in [0.1, 0.15) is 30.1 Å². The molecule has 8 nitrogen and oxygen atoms in total. The van der Waals surface area contributed by atoms with Gasteiger partial charge in [-0.25, -0.2) is 9.78 Å². The van der Waals surface area contributed by atoms with Crippen molar-refractivity contribution in [2.45, 2.75) is 25.9 Å². The van der Waals surface area contributed by atoms with E-state index in [4.69, 9.17) is 4.74 Å². The van der Waals surface area contributed by atoms with E-state index in [9.17, 15) is 9.59 Å². The van der Waals surface area contributed by atoms with Gasteiger partial charge in [0, 0.05) is 38.6 Å². The Morgan fingerprint density at radius 3 is 2.57 bits per heavy atom. The van der Waals surface area contributed by atoms with Crippen LogP contribution in [0.2, 0.25) is 0 Å². The van der Waals surface area contributed by atoms with E-state index >= 15 is 0 Å². The molecule has 1 saturated carbocycles. The molecular formula is C22H27N5O3. The summed E-state index contributed by atoms with van der Waals surface area (Å²) in [4.78, 5) is 34.6. The number of anilines is 1. The van der Waals surface area contributed by atoms with Gasteiger partial charge in [0.1, 0.15) is 18.6 Å². The lowest BCUT2D eigenvalue weighted by Crippen LogP contribution is -2.55. The summed E-state index contributed by atoms with van der Waals surface area (Å²) in [5, 5.41) is 3.56. The summed E-state index contributed by atoms with van der Waals surface area (Å²) in [6.45, 7) is 6.06. The lowest BCUT2D eigenvalue weighted by Gasteiger charge is -2.40. The number of ether oxygens (including phenoxy) is 1. The van der Waals surface area contributed by atoms with Gasteiger partial charge in [0.05, 0.1) is 12.1 Å². The van der Waals surface area contributed by atoms with E-state index in [0.717, 1.165) is 19.0 Å². The first-order chi connectivity index (χ1) is 14.6. The van der Waals surface area contributed by atoms with Crippen LogP contribution in [-0.4, -0.2) is 72.3 Å². The third-order valence-corrected chi connectivity index (χ3v) is 6.28.